The van der Waals surface area contributed by atoms with Crippen molar-refractivity contribution < 1.29 is 14.3 Å². The van der Waals surface area contributed by atoms with Crippen LogP contribution in [0.4, 0.5) is 0 Å². The van der Waals surface area contributed by atoms with E-state index in [0.717, 1.165) is 0 Å². The van der Waals surface area contributed by atoms with Gasteiger partial charge in [0.05, 0.1) is 5.69 Å². The monoisotopic (exact) mass is 268 g/mol. The third-order valence-corrected chi connectivity index (χ3v) is 2.24. The predicted molar refractivity (Wildman–Crippen MR) is 68.6 cm³/mol. The molecule has 1 N–H and O–H groups in total. The maximum Gasteiger partial charge on any atom is 0.361 e. The average molecular weight is 268 g/mol. The summed E-state index contributed by atoms with van der Waals surface area (Å²) in [4.78, 5) is 23.3. The van der Waals surface area contributed by atoms with Gasteiger partial charge in [-0.2, -0.15) is 0 Å². The second-order valence-electron chi connectivity index (χ2n) is 5.14. The van der Waals surface area contributed by atoms with Crippen LogP contribution in [0.3, 0.4) is 0 Å². The molecular formula is C12H20N4O3. The number of carbonyl (C=O) groups excluding carboxylic acids is 2. The summed E-state index contributed by atoms with van der Waals surface area (Å²) in [5.41, 5.74) is 0.0621. The Hall–Kier alpha value is -1.92. The van der Waals surface area contributed by atoms with Gasteiger partial charge in [0.1, 0.15) is 12.1 Å². The van der Waals surface area contributed by atoms with Crippen LogP contribution in [0.2, 0.25) is 0 Å². The van der Waals surface area contributed by atoms with E-state index in [1.54, 1.807) is 27.7 Å². The molecule has 1 heterocycles. The van der Waals surface area contributed by atoms with Crippen molar-refractivity contribution in [2.45, 2.75) is 46.8 Å². The summed E-state index contributed by atoms with van der Waals surface area (Å²) in [6, 6.07) is 0. The molecule has 0 fully saturated rings. The first-order valence-corrected chi connectivity index (χ1v) is 6.14. The van der Waals surface area contributed by atoms with E-state index in [0.29, 0.717) is 12.2 Å². The molecule has 1 aromatic heterocycles. The number of likely N-dealkylation sites (N-methyl/N-ethyl adjacent to an activating group) is 1. The fraction of sp³-hybridized carbons (Fsp3) is 0.667. The van der Waals surface area contributed by atoms with Crippen LogP contribution in [0.15, 0.2) is 0 Å². The predicted octanol–water partition coefficient (Wildman–Crippen LogP) is 0.678. The molecule has 106 valence electrons. The van der Waals surface area contributed by atoms with E-state index >= 15 is 0 Å². The number of amides is 1. The Bertz CT molecular complexity index is 474. The van der Waals surface area contributed by atoms with Gasteiger partial charge in [-0.1, -0.05) is 5.21 Å². The fourth-order valence-corrected chi connectivity index (χ4v) is 1.41. The van der Waals surface area contributed by atoms with Gasteiger partial charge in [0.15, 0.2) is 5.69 Å². The van der Waals surface area contributed by atoms with E-state index in [4.69, 9.17) is 4.74 Å². The van der Waals surface area contributed by atoms with E-state index < -0.39 is 11.6 Å². The summed E-state index contributed by atoms with van der Waals surface area (Å²) in [6.07, 6.45) is 0. The van der Waals surface area contributed by atoms with Crippen molar-refractivity contribution >= 4 is 11.9 Å². The summed E-state index contributed by atoms with van der Waals surface area (Å²) < 4.78 is 6.59. The third kappa shape index (κ3) is 4.35. The fourth-order valence-electron chi connectivity index (χ4n) is 1.41. The second kappa shape index (κ2) is 5.81. The summed E-state index contributed by atoms with van der Waals surface area (Å²) in [5.74, 6) is -0.710. The van der Waals surface area contributed by atoms with Crippen molar-refractivity contribution in [3.63, 3.8) is 0 Å². The molecule has 0 aromatic carbocycles. The number of nitrogens with one attached hydrogen (secondary N) is 1. The lowest BCUT2D eigenvalue weighted by Gasteiger charge is -2.18. The number of hydrogen-bond donors (Lipinski definition) is 1. The van der Waals surface area contributed by atoms with E-state index in [1.807, 2.05) is 6.92 Å². The molecule has 1 aromatic rings. The maximum atomic E-state index is 11.9. The molecule has 0 atom stereocenters. The molecule has 0 bridgehead atoms. The van der Waals surface area contributed by atoms with Crippen molar-refractivity contribution in [1.82, 2.24) is 20.3 Å². The van der Waals surface area contributed by atoms with Gasteiger partial charge < -0.3 is 10.1 Å². The Morgan fingerprint density at radius 1 is 1.37 bits per heavy atom. The van der Waals surface area contributed by atoms with Crippen molar-refractivity contribution in [2.24, 2.45) is 0 Å². The molecule has 0 aliphatic rings. The van der Waals surface area contributed by atoms with Gasteiger partial charge in [0, 0.05) is 6.54 Å². The number of rotatable bonds is 4. The quantitative estimate of drug-likeness (QED) is 0.811. The number of esters is 1. The van der Waals surface area contributed by atoms with E-state index in [-0.39, 0.29) is 18.1 Å². The molecule has 0 saturated carbocycles. The van der Waals surface area contributed by atoms with Crippen LogP contribution in [0.25, 0.3) is 0 Å². The molecule has 0 radical (unpaired) electrons. The molecule has 0 aliphatic carbocycles. The van der Waals surface area contributed by atoms with Crippen LogP contribution in [0.5, 0.6) is 0 Å². The highest BCUT2D eigenvalue weighted by Crippen LogP contribution is 2.12. The Labute approximate surface area is 112 Å². The van der Waals surface area contributed by atoms with Crippen molar-refractivity contribution in [1.29, 1.82) is 0 Å². The minimum absolute atomic E-state index is 0.0372. The van der Waals surface area contributed by atoms with Crippen molar-refractivity contribution in [3.8, 4) is 0 Å². The standard InChI is InChI=1S/C12H20N4O3/c1-6-13-9(17)7-16-8(2)10(14-15-16)11(18)19-12(3,4)5/h6-7H2,1-5H3,(H,13,17). The third-order valence-electron chi connectivity index (χ3n) is 2.24. The molecule has 19 heavy (non-hydrogen) atoms. The summed E-state index contributed by atoms with van der Waals surface area (Å²) in [6.45, 7) is 9.43. The SMILES string of the molecule is CCNC(=O)Cn1nnc(C(=O)OC(C)(C)C)c1C. The van der Waals surface area contributed by atoms with Gasteiger partial charge in [-0.05, 0) is 34.6 Å². The smallest absolute Gasteiger partial charge is 0.361 e. The summed E-state index contributed by atoms with van der Waals surface area (Å²) in [7, 11) is 0. The van der Waals surface area contributed by atoms with Gasteiger partial charge in [-0.15, -0.1) is 5.10 Å². The van der Waals surface area contributed by atoms with Crippen LogP contribution in [-0.2, 0) is 16.1 Å². The van der Waals surface area contributed by atoms with Crippen LogP contribution >= 0.6 is 0 Å². The van der Waals surface area contributed by atoms with E-state index in [2.05, 4.69) is 15.6 Å². The zero-order valence-electron chi connectivity index (χ0n) is 12.0. The lowest BCUT2D eigenvalue weighted by atomic mass is 10.2. The first kappa shape index (κ1) is 15.1. The molecule has 0 aliphatic heterocycles. The summed E-state index contributed by atoms with van der Waals surface area (Å²) >= 11 is 0. The zero-order chi connectivity index (χ0) is 14.6. The second-order valence-corrected chi connectivity index (χ2v) is 5.14. The van der Waals surface area contributed by atoms with Crippen LogP contribution < -0.4 is 5.32 Å². The molecule has 7 heteroatoms. The number of ether oxygens (including phenoxy) is 1. The van der Waals surface area contributed by atoms with E-state index in [9.17, 15) is 9.59 Å². The Morgan fingerprint density at radius 3 is 2.53 bits per heavy atom. The Morgan fingerprint density at radius 2 is 2.00 bits per heavy atom. The molecule has 0 unspecified atom stereocenters. The summed E-state index contributed by atoms with van der Waals surface area (Å²) in [5, 5.41) is 10.2. The molecule has 1 amide bonds. The van der Waals surface area contributed by atoms with Gasteiger partial charge in [0.2, 0.25) is 5.91 Å². The number of nitrogens with zero attached hydrogens (tertiary/aromatic N) is 3. The highest BCUT2D eigenvalue weighted by molar-refractivity contribution is 5.88. The minimum Gasteiger partial charge on any atom is -0.455 e. The molecule has 7 nitrogen and oxygen atoms in total. The van der Waals surface area contributed by atoms with Crippen LogP contribution in [0.1, 0.15) is 43.9 Å². The topological polar surface area (TPSA) is 86.1 Å². The number of hydrogen-bond acceptors (Lipinski definition) is 5. The highest BCUT2D eigenvalue weighted by Gasteiger charge is 2.23. The first-order chi connectivity index (χ1) is 8.74. The lowest BCUT2D eigenvalue weighted by molar-refractivity contribution is -0.121. The molecular weight excluding hydrogens is 248 g/mol. The lowest BCUT2D eigenvalue weighted by Crippen LogP contribution is -2.28. The number of carbonyl (C=O) groups is 2. The Balaban J connectivity index is 2.81. The largest absolute Gasteiger partial charge is 0.455 e. The van der Waals surface area contributed by atoms with Crippen LogP contribution in [-0.4, -0.2) is 39.0 Å². The Kier molecular flexibility index (Phi) is 4.63. The highest BCUT2D eigenvalue weighted by atomic mass is 16.6. The van der Waals surface area contributed by atoms with Crippen molar-refractivity contribution in [2.75, 3.05) is 6.54 Å². The number of aromatic nitrogens is 3. The molecule has 0 saturated heterocycles. The first-order valence-electron chi connectivity index (χ1n) is 6.14. The molecule has 1 rings (SSSR count). The zero-order valence-corrected chi connectivity index (χ0v) is 12.0. The van der Waals surface area contributed by atoms with E-state index in [1.165, 1.54) is 4.68 Å². The van der Waals surface area contributed by atoms with Gasteiger partial charge >= 0.3 is 5.97 Å². The van der Waals surface area contributed by atoms with Gasteiger partial charge in [0.25, 0.3) is 0 Å². The molecule has 0 spiro atoms. The maximum absolute atomic E-state index is 11.9. The normalized spacial score (nSPS) is 11.2. The van der Waals surface area contributed by atoms with Gasteiger partial charge in [-0.3, -0.25) is 4.79 Å². The minimum atomic E-state index is -0.590. The van der Waals surface area contributed by atoms with Crippen LogP contribution in [0, 0.1) is 6.92 Å². The van der Waals surface area contributed by atoms with Gasteiger partial charge in [-0.25, -0.2) is 9.48 Å². The average Bonchev–Trinajstić information content (AvgIpc) is 2.58. The van der Waals surface area contributed by atoms with Crippen molar-refractivity contribution in [3.05, 3.63) is 11.4 Å².